The number of nitro benzene ring substituents is 1. The van der Waals surface area contributed by atoms with E-state index in [0.29, 0.717) is 24.3 Å². The molecule has 0 heterocycles. The summed E-state index contributed by atoms with van der Waals surface area (Å²) in [5.41, 5.74) is 3.26. The molecule has 1 aromatic carbocycles. The summed E-state index contributed by atoms with van der Waals surface area (Å²) >= 11 is 0. The summed E-state index contributed by atoms with van der Waals surface area (Å²) in [5.74, 6) is 5.21. The van der Waals surface area contributed by atoms with Gasteiger partial charge in [0.05, 0.1) is 10.6 Å². The zero-order valence-corrected chi connectivity index (χ0v) is 12.2. The molecule has 0 fully saturated rings. The van der Waals surface area contributed by atoms with Crippen LogP contribution in [0.3, 0.4) is 0 Å². The first kappa shape index (κ1) is 16.7. The number of nitrogens with two attached hydrogens (primary N) is 1. The van der Waals surface area contributed by atoms with Crippen LogP contribution in [0.25, 0.3) is 0 Å². The van der Waals surface area contributed by atoms with Crippen molar-refractivity contribution in [3.63, 3.8) is 0 Å². The predicted octanol–water partition coefficient (Wildman–Crippen LogP) is 1.60. The molecule has 1 unspecified atom stereocenters. The van der Waals surface area contributed by atoms with Gasteiger partial charge in [0.15, 0.2) is 0 Å². The van der Waals surface area contributed by atoms with Gasteiger partial charge in [0.1, 0.15) is 0 Å². The van der Waals surface area contributed by atoms with Gasteiger partial charge in [-0.15, -0.1) is 0 Å². The number of amides is 1. The van der Waals surface area contributed by atoms with Crippen LogP contribution in [0, 0.1) is 10.1 Å². The Bertz CT molecular complexity index is 507. The topological polar surface area (TPSA) is 122 Å². The molecule has 0 aliphatic heterocycles. The number of hydrazine groups is 1. The fourth-order valence-electron chi connectivity index (χ4n) is 1.67. The summed E-state index contributed by atoms with van der Waals surface area (Å²) in [5, 5.41) is 16.6. The minimum atomic E-state index is -0.498. The Balaban J connectivity index is 2.57. The largest absolute Gasteiger partial charge is 0.384 e. The summed E-state index contributed by atoms with van der Waals surface area (Å²) in [6.07, 6.45) is 1.16. The second-order valence-electron chi connectivity index (χ2n) is 4.72. The third-order valence-electron chi connectivity index (χ3n) is 3.00. The van der Waals surface area contributed by atoms with Crippen molar-refractivity contribution in [2.45, 2.75) is 32.7 Å². The van der Waals surface area contributed by atoms with E-state index in [1.54, 1.807) is 6.07 Å². The van der Waals surface area contributed by atoms with Gasteiger partial charge in [-0.05, 0) is 19.4 Å². The summed E-state index contributed by atoms with van der Waals surface area (Å²) in [6.45, 7) is 4.31. The number of carbonyl (C=O) groups is 1. The van der Waals surface area contributed by atoms with E-state index in [-0.39, 0.29) is 17.6 Å². The highest BCUT2D eigenvalue weighted by Gasteiger charge is 2.10. The maximum absolute atomic E-state index is 11.6. The van der Waals surface area contributed by atoms with Crippen molar-refractivity contribution >= 4 is 23.0 Å². The number of non-ortho nitro benzene ring substituents is 1. The molecular formula is C13H21N5O3. The second kappa shape index (κ2) is 8.05. The number of carbonyl (C=O) groups excluding carboxylic acids is 1. The number of hydrogen-bond donors (Lipinski definition) is 4. The maximum Gasteiger partial charge on any atom is 0.273 e. The van der Waals surface area contributed by atoms with E-state index in [0.717, 1.165) is 6.42 Å². The highest BCUT2D eigenvalue weighted by atomic mass is 16.6. The first-order valence-electron chi connectivity index (χ1n) is 6.75. The van der Waals surface area contributed by atoms with Crippen LogP contribution in [0.4, 0.5) is 17.1 Å². The number of benzene rings is 1. The highest BCUT2D eigenvalue weighted by Crippen LogP contribution is 2.23. The fourth-order valence-corrected chi connectivity index (χ4v) is 1.67. The van der Waals surface area contributed by atoms with E-state index < -0.39 is 4.92 Å². The van der Waals surface area contributed by atoms with E-state index >= 15 is 0 Å². The molecule has 1 rings (SSSR count). The number of nitrogens with one attached hydrogen (secondary N) is 3. The Morgan fingerprint density at radius 3 is 2.62 bits per heavy atom. The van der Waals surface area contributed by atoms with Crippen molar-refractivity contribution in [1.29, 1.82) is 0 Å². The molecule has 0 saturated carbocycles. The van der Waals surface area contributed by atoms with Crippen LogP contribution in [-0.4, -0.2) is 23.4 Å². The summed E-state index contributed by atoms with van der Waals surface area (Å²) in [7, 11) is 0. The molecule has 0 spiro atoms. The SMILES string of the molecule is CCC(C)NC(=O)CCNc1cc(NN)cc([N+](=O)[O-])c1. The Morgan fingerprint density at radius 2 is 2.05 bits per heavy atom. The standard InChI is InChI=1S/C13H21N5O3/c1-3-9(2)16-13(19)4-5-15-10-6-11(17-14)8-12(7-10)18(20)21/h6-9,15,17H,3-5,14H2,1-2H3,(H,16,19). The summed E-state index contributed by atoms with van der Waals surface area (Å²) < 4.78 is 0. The lowest BCUT2D eigenvalue weighted by Gasteiger charge is -2.12. The van der Waals surface area contributed by atoms with Gasteiger partial charge in [-0.3, -0.25) is 20.8 Å². The number of nitrogens with zero attached hydrogens (tertiary/aromatic N) is 1. The summed E-state index contributed by atoms with van der Waals surface area (Å²) in [6, 6.07) is 4.51. The maximum atomic E-state index is 11.6. The normalized spacial score (nSPS) is 11.6. The molecule has 0 aromatic heterocycles. The molecule has 1 aromatic rings. The predicted molar refractivity (Wildman–Crippen MR) is 81.9 cm³/mol. The van der Waals surface area contributed by atoms with Crippen molar-refractivity contribution in [2.24, 2.45) is 5.84 Å². The number of nitrogen functional groups attached to an aromatic ring is 1. The Morgan fingerprint density at radius 1 is 1.38 bits per heavy atom. The molecule has 116 valence electrons. The molecule has 0 aliphatic rings. The van der Waals surface area contributed by atoms with Gasteiger partial charge in [-0.1, -0.05) is 6.92 Å². The van der Waals surface area contributed by atoms with Crippen LogP contribution in [0.5, 0.6) is 0 Å². The van der Waals surface area contributed by atoms with E-state index in [1.807, 2.05) is 13.8 Å². The van der Waals surface area contributed by atoms with Gasteiger partial charge in [0, 0.05) is 36.8 Å². The van der Waals surface area contributed by atoms with Crippen LogP contribution >= 0.6 is 0 Å². The number of anilines is 2. The van der Waals surface area contributed by atoms with Crippen molar-refractivity contribution < 1.29 is 9.72 Å². The van der Waals surface area contributed by atoms with E-state index in [1.165, 1.54) is 12.1 Å². The van der Waals surface area contributed by atoms with Crippen LogP contribution in [0.15, 0.2) is 18.2 Å². The third-order valence-corrected chi connectivity index (χ3v) is 3.00. The average Bonchev–Trinajstić information content (AvgIpc) is 2.46. The van der Waals surface area contributed by atoms with E-state index in [4.69, 9.17) is 5.84 Å². The van der Waals surface area contributed by atoms with Crippen LogP contribution < -0.4 is 21.9 Å². The molecule has 1 atom stereocenters. The number of nitro groups is 1. The van der Waals surface area contributed by atoms with Gasteiger partial charge in [0.25, 0.3) is 5.69 Å². The van der Waals surface area contributed by atoms with Crippen molar-refractivity contribution in [3.8, 4) is 0 Å². The second-order valence-corrected chi connectivity index (χ2v) is 4.72. The average molecular weight is 295 g/mol. The molecule has 8 nitrogen and oxygen atoms in total. The van der Waals surface area contributed by atoms with Crippen molar-refractivity contribution in [1.82, 2.24) is 5.32 Å². The molecule has 21 heavy (non-hydrogen) atoms. The molecule has 8 heteroatoms. The molecule has 5 N–H and O–H groups in total. The smallest absolute Gasteiger partial charge is 0.273 e. The lowest BCUT2D eigenvalue weighted by molar-refractivity contribution is -0.384. The molecule has 1 amide bonds. The molecule has 0 radical (unpaired) electrons. The van der Waals surface area contributed by atoms with Crippen LogP contribution in [0.2, 0.25) is 0 Å². The van der Waals surface area contributed by atoms with Crippen molar-refractivity contribution in [3.05, 3.63) is 28.3 Å². The van der Waals surface area contributed by atoms with E-state index in [2.05, 4.69) is 16.1 Å². The molecule has 0 saturated heterocycles. The zero-order valence-electron chi connectivity index (χ0n) is 12.2. The minimum Gasteiger partial charge on any atom is -0.384 e. The molecule has 0 aliphatic carbocycles. The Labute approximate surface area is 123 Å². The number of rotatable bonds is 8. The molecule has 0 bridgehead atoms. The number of hydrogen-bond acceptors (Lipinski definition) is 6. The van der Waals surface area contributed by atoms with E-state index in [9.17, 15) is 14.9 Å². The zero-order chi connectivity index (χ0) is 15.8. The lowest BCUT2D eigenvalue weighted by Crippen LogP contribution is -2.32. The first-order valence-corrected chi connectivity index (χ1v) is 6.75. The Kier molecular flexibility index (Phi) is 6.41. The van der Waals surface area contributed by atoms with Gasteiger partial charge < -0.3 is 16.1 Å². The van der Waals surface area contributed by atoms with Gasteiger partial charge >= 0.3 is 0 Å². The lowest BCUT2D eigenvalue weighted by atomic mass is 10.2. The first-order chi connectivity index (χ1) is 9.96. The summed E-state index contributed by atoms with van der Waals surface area (Å²) in [4.78, 5) is 21.9. The van der Waals surface area contributed by atoms with Gasteiger partial charge in [-0.25, -0.2) is 0 Å². The van der Waals surface area contributed by atoms with Gasteiger partial charge in [0.2, 0.25) is 5.91 Å². The highest BCUT2D eigenvalue weighted by molar-refractivity contribution is 5.76. The quantitative estimate of drug-likeness (QED) is 0.328. The fraction of sp³-hybridized carbons (Fsp3) is 0.462. The monoisotopic (exact) mass is 295 g/mol. The minimum absolute atomic E-state index is 0.0561. The molecular weight excluding hydrogens is 274 g/mol. The van der Waals surface area contributed by atoms with Crippen molar-refractivity contribution in [2.75, 3.05) is 17.3 Å². The Hall–Kier alpha value is -2.35. The van der Waals surface area contributed by atoms with Crippen LogP contribution in [-0.2, 0) is 4.79 Å². The van der Waals surface area contributed by atoms with Crippen LogP contribution in [0.1, 0.15) is 26.7 Å². The van der Waals surface area contributed by atoms with Gasteiger partial charge in [-0.2, -0.15) is 0 Å². The third kappa shape index (κ3) is 5.65.